The highest BCUT2D eigenvalue weighted by molar-refractivity contribution is 6.42. The summed E-state index contributed by atoms with van der Waals surface area (Å²) in [6, 6.07) is 18.0. The summed E-state index contributed by atoms with van der Waals surface area (Å²) < 4.78 is 1.94. The Morgan fingerprint density at radius 1 is 0.971 bits per heavy atom. The summed E-state index contributed by atoms with van der Waals surface area (Å²) in [6.07, 6.45) is 9.67. The number of hydrogen-bond acceptors (Lipinski definition) is 5. The van der Waals surface area contributed by atoms with E-state index in [9.17, 15) is 5.26 Å². The van der Waals surface area contributed by atoms with Gasteiger partial charge in [0.05, 0.1) is 34.4 Å². The first kappa shape index (κ1) is 23.3. The molecule has 176 valence electrons. The normalized spacial score (nSPS) is 14.0. The third kappa shape index (κ3) is 5.02. The number of hydrogen-bond donors (Lipinski definition) is 1. The van der Waals surface area contributed by atoms with Crippen molar-refractivity contribution in [3.63, 3.8) is 0 Å². The van der Waals surface area contributed by atoms with E-state index in [-0.39, 0.29) is 6.42 Å². The minimum absolute atomic E-state index is 0.206. The summed E-state index contributed by atoms with van der Waals surface area (Å²) in [5.74, 6) is 1.95. The van der Waals surface area contributed by atoms with Crippen LogP contribution in [0.4, 0.5) is 5.95 Å². The maximum Gasteiger partial charge on any atom is 0.224 e. The zero-order valence-electron chi connectivity index (χ0n) is 19.1. The second-order valence-electron chi connectivity index (χ2n) is 8.64. The van der Waals surface area contributed by atoms with E-state index >= 15 is 0 Å². The van der Waals surface area contributed by atoms with E-state index in [2.05, 4.69) is 16.4 Å². The topological polar surface area (TPSA) is 79.4 Å². The average molecular weight is 503 g/mol. The van der Waals surface area contributed by atoms with Crippen LogP contribution in [0, 0.1) is 11.3 Å². The minimum Gasteiger partial charge on any atom is -0.351 e. The Morgan fingerprint density at radius 2 is 1.77 bits per heavy atom. The highest BCUT2D eigenvalue weighted by Gasteiger charge is 2.20. The lowest BCUT2D eigenvalue weighted by Gasteiger charge is -2.23. The van der Waals surface area contributed by atoms with Gasteiger partial charge < -0.3 is 5.32 Å². The summed E-state index contributed by atoms with van der Waals surface area (Å²) in [5.41, 5.74) is 3.54. The Balaban J connectivity index is 1.59. The standard InChI is InChI=1S/C27H24Cl2N6/c28-23-11-10-18(16-24(23)29)21-8-4-5-9-22(21)26-32-17-20(12-14-30)35(26)25-13-15-31-27(34-25)33-19-6-2-1-3-7-19/h4-5,8-11,13,15-17,19H,1-3,6-7,12H2,(H,31,33,34). The molecule has 1 N–H and O–H groups in total. The fourth-order valence-electron chi connectivity index (χ4n) is 4.60. The first-order chi connectivity index (χ1) is 17.1. The molecule has 5 rings (SSSR count). The molecule has 2 heterocycles. The fourth-order valence-corrected chi connectivity index (χ4v) is 4.90. The highest BCUT2D eigenvalue weighted by Crippen LogP contribution is 2.36. The summed E-state index contributed by atoms with van der Waals surface area (Å²) in [7, 11) is 0. The molecule has 2 aromatic heterocycles. The average Bonchev–Trinajstić information content (AvgIpc) is 3.30. The van der Waals surface area contributed by atoms with E-state index in [1.165, 1.54) is 19.3 Å². The molecule has 0 saturated heterocycles. The van der Waals surface area contributed by atoms with Crippen LogP contribution >= 0.6 is 23.2 Å². The number of nitriles is 1. The minimum atomic E-state index is 0.206. The van der Waals surface area contributed by atoms with Gasteiger partial charge in [0.25, 0.3) is 0 Å². The number of imidazole rings is 1. The van der Waals surface area contributed by atoms with Gasteiger partial charge in [-0.2, -0.15) is 10.2 Å². The SMILES string of the molecule is N#CCc1cnc(-c2ccccc2-c2ccc(Cl)c(Cl)c2)n1-c1ccnc(NC2CCCCC2)n1. The first-order valence-electron chi connectivity index (χ1n) is 11.7. The van der Waals surface area contributed by atoms with Crippen molar-refractivity contribution >= 4 is 29.2 Å². The van der Waals surface area contributed by atoms with Gasteiger partial charge in [0.1, 0.15) is 11.6 Å². The molecule has 8 heteroatoms. The second-order valence-corrected chi connectivity index (χ2v) is 9.45. The molecule has 1 fully saturated rings. The van der Waals surface area contributed by atoms with Crippen molar-refractivity contribution in [1.82, 2.24) is 19.5 Å². The van der Waals surface area contributed by atoms with Crippen molar-refractivity contribution in [2.24, 2.45) is 0 Å². The van der Waals surface area contributed by atoms with Crippen molar-refractivity contribution in [3.8, 4) is 34.4 Å². The summed E-state index contributed by atoms with van der Waals surface area (Å²) in [6.45, 7) is 0. The maximum atomic E-state index is 9.47. The largest absolute Gasteiger partial charge is 0.351 e. The van der Waals surface area contributed by atoms with Gasteiger partial charge in [-0.1, -0.05) is 72.8 Å². The molecule has 0 spiro atoms. The number of benzene rings is 2. The molecule has 0 aliphatic heterocycles. The molecule has 2 aromatic carbocycles. The lowest BCUT2D eigenvalue weighted by molar-refractivity contribution is 0.461. The highest BCUT2D eigenvalue weighted by atomic mass is 35.5. The quantitative estimate of drug-likeness (QED) is 0.303. The molecule has 0 amide bonds. The molecule has 0 radical (unpaired) electrons. The van der Waals surface area contributed by atoms with Crippen molar-refractivity contribution < 1.29 is 0 Å². The number of nitrogens with one attached hydrogen (secondary N) is 1. The van der Waals surface area contributed by atoms with Crippen LogP contribution in [0.5, 0.6) is 0 Å². The molecule has 0 unspecified atom stereocenters. The van der Waals surface area contributed by atoms with Crippen LogP contribution in [0.3, 0.4) is 0 Å². The first-order valence-corrected chi connectivity index (χ1v) is 12.5. The van der Waals surface area contributed by atoms with Crippen molar-refractivity contribution in [1.29, 1.82) is 5.26 Å². The van der Waals surface area contributed by atoms with Crippen LogP contribution in [0.15, 0.2) is 60.9 Å². The van der Waals surface area contributed by atoms with Gasteiger partial charge >= 0.3 is 0 Å². The van der Waals surface area contributed by atoms with Crippen LogP contribution in [-0.4, -0.2) is 25.6 Å². The monoisotopic (exact) mass is 502 g/mol. The van der Waals surface area contributed by atoms with Gasteiger partial charge in [-0.05, 0) is 42.2 Å². The number of nitrogens with zero attached hydrogens (tertiary/aromatic N) is 5. The lowest BCUT2D eigenvalue weighted by Crippen LogP contribution is -2.23. The van der Waals surface area contributed by atoms with Gasteiger partial charge in [0.2, 0.25) is 5.95 Å². The van der Waals surface area contributed by atoms with Gasteiger partial charge in [0, 0.05) is 17.8 Å². The van der Waals surface area contributed by atoms with Crippen molar-refractivity contribution in [2.45, 2.75) is 44.6 Å². The predicted molar refractivity (Wildman–Crippen MR) is 140 cm³/mol. The molecule has 1 aliphatic rings. The van der Waals surface area contributed by atoms with Crippen molar-refractivity contribution in [3.05, 3.63) is 76.7 Å². The predicted octanol–water partition coefficient (Wildman–Crippen LogP) is 7.11. The number of aromatic nitrogens is 4. The molecule has 6 nitrogen and oxygen atoms in total. The van der Waals surface area contributed by atoms with E-state index in [1.807, 2.05) is 47.0 Å². The van der Waals surface area contributed by atoms with E-state index < -0.39 is 0 Å². The summed E-state index contributed by atoms with van der Waals surface area (Å²) in [4.78, 5) is 14.0. The summed E-state index contributed by atoms with van der Waals surface area (Å²) >= 11 is 12.5. The zero-order chi connectivity index (χ0) is 24.2. The van der Waals surface area contributed by atoms with Crippen LogP contribution in [0.1, 0.15) is 37.8 Å². The smallest absolute Gasteiger partial charge is 0.224 e. The molecule has 1 saturated carbocycles. The third-order valence-electron chi connectivity index (χ3n) is 6.30. The lowest BCUT2D eigenvalue weighted by atomic mass is 9.96. The zero-order valence-corrected chi connectivity index (χ0v) is 20.6. The van der Waals surface area contributed by atoms with Crippen LogP contribution in [-0.2, 0) is 6.42 Å². The van der Waals surface area contributed by atoms with Crippen LogP contribution in [0.25, 0.3) is 28.3 Å². The second kappa shape index (κ2) is 10.5. The van der Waals surface area contributed by atoms with E-state index in [0.29, 0.717) is 33.7 Å². The molecule has 4 aromatic rings. The Labute approximate surface area is 214 Å². The molecule has 1 aliphatic carbocycles. The van der Waals surface area contributed by atoms with Crippen LogP contribution in [0.2, 0.25) is 10.0 Å². The molecular weight excluding hydrogens is 479 g/mol. The fraction of sp³-hybridized carbons (Fsp3) is 0.259. The Morgan fingerprint density at radius 3 is 2.54 bits per heavy atom. The molecule has 35 heavy (non-hydrogen) atoms. The molecule has 0 bridgehead atoms. The van der Waals surface area contributed by atoms with E-state index in [1.54, 1.807) is 18.5 Å². The van der Waals surface area contributed by atoms with Gasteiger partial charge in [-0.3, -0.25) is 4.57 Å². The third-order valence-corrected chi connectivity index (χ3v) is 7.04. The number of halogens is 2. The Kier molecular flexibility index (Phi) is 6.98. The Bertz CT molecular complexity index is 1380. The number of anilines is 1. The van der Waals surface area contributed by atoms with Gasteiger partial charge in [-0.15, -0.1) is 0 Å². The van der Waals surface area contributed by atoms with Crippen LogP contribution < -0.4 is 5.32 Å². The van der Waals surface area contributed by atoms with E-state index in [0.717, 1.165) is 35.2 Å². The van der Waals surface area contributed by atoms with Gasteiger partial charge in [-0.25, -0.2) is 9.97 Å². The molecule has 0 atom stereocenters. The number of rotatable bonds is 6. The maximum absolute atomic E-state index is 9.47. The molecular formula is C27H24Cl2N6. The van der Waals surface area contributed by atoms with Crippen molar-refractivity contribution in [2.75, 3.05) is 5.32 Å². The Hall–Kier alpha value is -3.40. The van der Waals surface area contributed by atoms with E-state index in [4.69, 9.17) is 33.2 Å². The summed E-state index contributed by atoms with van der Waals surface area (Å²) in [5, 5.41) is 14.0. The van der Waals surface area contributed by atoms with Gasteiger partial charge in [0.15, 0.2) is 0 Å².